The number of benzene rings is 1. The largest absolute Gasteiger partial charge is 0.462 e. The third-order valence-electron chi connectivity index (χ3n) is 6.28. The molecule has 0 radical (unpaired) electrons. The molecule has 1 aromatic heterocycles. The Morgan fingerprint density at radius 3 is 2.78 bits per heavy atom. The van der Waals surface area contributed by atoms with E-state index >= 15 is 0 Å². The molecule has 172 valence electrons. The molecule has 0 unspecified atom stereocenters. The number of esters is 1. The third-order valence-corrected chi connectivity index (χ3v) is 6.66. The lowest BCUT2D eigenvalue weighted by atomic mass is 9.76. The zero-order valence-corrected chi connectivity index (χ0v) is 19.1. The first-order valence-electron chi connectivity index (χ1n) is 11.0. The number of nitrogens with one attached hydrogen (secondary N) is 1. The minimum Gasteiger partial charge on any atom is -0.462 e. The van der Waals surface area contributed by atoms with Gasteiger partial charge in [-0.25, -0.2) is 13.9 Å². The van der Waals surface area contributed by atoms with Crippen LogP contribution in [0.15, 0.2) is 12.1 Å². The monoisotopic (exact) mass is 463 g/mol. The predicted octanol–water partition coefficient (Wildman–Crippen LogP) is 3.88. The lowest BCUT2D eigenvalue weighted by Crippen LogP contribution is -2.40. The number of nitrogens with zero attached hydrogens (tertiary/aromatic N) is 2. The maximum atomic E-state index is 14.6. The number of fused-ring (bicyclic) bond motifs is 1. The maximum absolute atomic E-state index is 14.6. The summed E-state index contributed by atoms with van der Waals surface area (Å²) in [5, 5.41) is 7.65. The molecule has 32 heavy (non-hydrogen) atoms. The van der Waals surface area contributed by atoms with Crippen LogP contribution in [0.5, 0.6) is 0 Å². The van der Waals surface area contributed by atoms with E-state index in [9.17, 15) is 14.0 Å². The molecule has 1 N–H and O–H groups in total. The standard InChI is InChI=1S/C23H27ClFN3O4/c1-3-9-32-22(30)18-14(25)5-6-16(20(18)24)28-17-12-23(7-10-31-11-8-23)13-26-21(29)19(17)15(4-2)27-28/h5-6H,3-4,7-13H2,1-2H3,(H,26,29). The lowest BCUT2D eigenvalue weighted by Gasteiger charge is -2.36. The molecular weight excluding hydrogens is 437 g/mol. The van der Waals surface area contributed by atoms with Crippen LogP contribution in [0.2, 0.25) is 5.02 Å². The molecule has 2 aromatic rings. The van der Waals surface area contributed by atoms with Gasteiger partial charge in [0.15, 0.2) is 0 Å². The van der Waals surface area contributed by atoms with Crippen LogP contribution < -0.4 is 5.32 Å². The van der Waals surface area contributed by atoms with E-state index in [0.29, 0.717) is 56.0 Å². The fourth-order valence-electron chi connectivity index (χ4n) is 4.47. The zero-order valence-electron chi connectivity index (χ0n) is 18.3. The van der Waals surface area contributed by atoms with Crippen LogP contribution in [0.4, 0.5) is 4.39 Å². The van der Waals surface area contributed by atoms with E-state index in [4.69, 9.17) is 21.1 Å². The van der Waals surface area contributed by atoms with Crippen LogP contribution in [-0.2, 0) is 22.3 Å². The summed E-state index contributed by atoms with van der Waals surface area (Å²) in [5.41, 5.74) is 1.77. The number of hydrogen-bond donors (Lipinski definition) is 1. The fourth-order valence-corrected chi connectivity index (χ4v) is 4.78. The second kappa shape index (κ2) is 9.19. The highest BCUT2D eigenvalue weighted by Gasteiger charge is 2.40. The van der Waals surface area contributed by atoms with Gasteiger partial charge < -0.3 is 14.8 Å². The lowest BCUT2D eigenvalue weighted by molar-refractivity contribution is 0.0155. The Morgan fingerprint density at radius 2 is 2.09 bits per heavy atom. The molecule has 7 nitrogen and oxygen atoms in total. The van der Waals surface area contributed by atoms with Gasteiger partial charge in [0.25, 0.3) is 5.91 Å². The molecule has 1 spiro atoms. The number of hydrogen-bond acceptors (Lipinski definition) is 5. The van der Waals surface area contributed by atoms with Gasteiger partial charge in [-0.05, 0) is 49.7 Å². The maximum Gasteiger partial charge on any atom is 0.342 e. The molecule has 1 aromatic carbocycles. The number of carbonyl (C=O) groups excluding carboxylic acids is 2. The van der Waals surface area contributed by atoms with Gasteiger partial charge in [0, 0.05) is 19.8 Å². The highest BCUT2D eigenvalue weighted by Crippen LogP contribution is 2.39. The molecule has 0 aliphatic carbocycles. The van der Waals surface area contributed by atoms with Gasteiger partial charge in [0.2, 0.25) is 0 Å². The van der Waals surface area contributed by atoms with Crippen LogP contribution in [-0.4, -0.2) is 48.0 Å². The van der Waals surface area contributed by atoms with E-state index in [2.05, 4.69) is 10.4 Å². The summed E-state index contributed by atoms with van der Waals surface area (Å²) in [6.45, 7) is 5.76. The summed E-state index contributed by atoms with van der Waals surface area (Å²) in [6, 6.07) is 2.67. The van der Waals surface area contributed by atoms with Crippen LogP contribution in [0.25, 0.3) is 5.69 Å². The molecule has 1 fully saturated rings. The van der Waals surface area contributed by atoms with Gasteiger partial charge in [-0.3, -0.25) is 4.79 Å². The van der Waals surface area contributed by atoms with E-state index in [0.717, 1.165) is 18.5 Å². The van der Waals surface area contributed by atoms with Crippen molar-refractivity contribution in [3.63, 3.8) is 0 Å². The number of amides is 1. The smallest absolute Gasteiger partial charge is 0.342 e. The van der Waals surface area contributed by atoms with Crippen molar-refractivity contribution in [1.29, 1.82) is 0 Å². The van der Waals surface area contributed by atoms with Gasteiger partial charge in [-0.1, -0.05) is 25.4 Å². The summed E-state index contributed by atoms with van der Waals surface area (Å²) in [5.74, 6) is -1.75. The minimum atomic E-state index is -0.816. The van der Waals surface area contributed by atoms with E-state index in [1.165, 1.54) is 12.1 Å². The molecule has 0 bridgehead atoms. The quantitative estimate of drug-likeness (QED) is 0.680. The van der Waals surface area contributed by atoms with Crippen molar-refractivity contribution in [3.8, 4) is 5.69 Å². The van der Waals surface area contributed by atoms with Crippen LogP contribution in [0, 0.1) is 11.2 Å². The summed E-state index contributed by atoms with van der Waals surface area (Å²) >= 11 is 6.55. The Morgan fingerprint density at radius 1 is 1.34 bits per heavy atom. The predicted molar refractivity (Wildman–Crippen MR) is 117 cm³/mol. The van der Waals surface area contributed by atoms with E-state index in [1.807, 2.05) is 13.8 Å². The first-order chi connectivity index (χ1) is 15.4. The van der Waals surface area contributed by atoms with Gasteiger partial charge in [0.05, 0.1) is 34.3 Å². The van der Waals surface area contributed by atoms with Crippen LogP contribution in [0.1, 0.15) is 65.2 Å². The molecular formula is C23H27ClFN3O4. The topological polar surface area (TPSA) is 82.5 Å². The minimum absolute atomic E-state index is 0.0789. The number of carbonyl (C=O) groups is 2. The first-order valence-corrected chi connectivity index (χ1v) is 11.4. The zero-order chi connectivity index (χ0) is 22.9. The average molecular weight is 464 g/mol. The number of aryl methyl sites for hydroxylation is 1. The summed E-state index contributed by atoms with van der Waals surface area (Å²) in [6.07, 6.45) is 3.37. The van der Waals surface area contributed by atoms with Crippen LogP contribution >= 0.6 is 11.6 Å². The summed E-state index contributed by atoms with van der Waals surface area (Å²) in [4.78, 5) is 25.5. The van der Waals surface area contributed by atoms with Crippen molar-refractivity contribution in [1.82, 2.24) is 15.1 Å². The fraction of sp³-hybridized carbons (Fsp3) is 0.522. The Hall–Kier alpha value is -2.45. The van der Waals surface area contributed by atoms with Crippen molar-refractivity contribution in [2.24, 2.45) is 5.41 Å². The summed E-state index contributed by atoms with van der Waals surface area (Å²) < 4.78 is 26.8. The third kappa shape index (κ3) is 4.01. The highest BCUT2D eigenvalue weighted by molar-refractivity contribution is 6.35. The first kappa shape index (κ1) is 22.7. The molecule has 2 aliphatic rings. The number of halogens is 2. The van der Waals surface area contributed by atoms with Crippen molar-refractivity contribution in [3.05, 3.63) is 45.5 Å². The number of rotatable bonds is 5. The van der Waals surface area contributed by atoms with Crippen molar-refractivity contribution in [2.75, 3.05) is 26.4 Å². The molecule has 0 saturated carbocycles. The number of ether oxygens (including phenoxy) is 2. The van der Waals surface area contributed by atoms with E-state index < -0.39 is 11.8 Å². The van der Waals surface area contributed by atoms with Gasteiger partial charge >= 0.3 is 5.97 Å². The molecule has 4 rings (SSSR count). The van der Waals surface area contributed by atoms with Crippen molar-refractivity contribution >= 4 is 23.5 Å². The second-order valence-electron chi connectivity index (χ2n) is 8.40. The van der Waals surface area contributed by atoms with E-state index in [1.54, 1.807) is 4.68 Å². The SMILES string of the molecule is CCCOC(=O)c1c(F)ccc(-n2nc(CC)c3c2CC2(CCOCC2)CNC3=O)c1Cl. The Bertz CT molecular complexity index is 1050. The van der Waals surface area contributed by atoms with Crippen molar-refractivity contribution < 1.29 is 23.5 Å². The molecule has 1 amide bonds. The summed E-state index contributed by atoms with van der Waals surface area (Å²) in [7, 11) is 0. The van der Waals surface area contributed by atoms with Crippen LogP contribution in [0.3, 0.4) is 0 Å². The number of aromatic nitrogens is 2. The molecule has 3 heterocycles. The molecule has 0 atom stereocenters. The van der Waals surface area contributed by atoms with Crippen molar-refractivity contribution in [2.45, 2.75) is 46.0 Å². The van der Waals surface area contributed by atoms with Gasteiger partial charge in [0.1, 0.15) is 11.4 Å². The van der Waals surface area contributed by atoms with E-state index in [-0.39, 0.29) is 28.5 Å². The molecule has 9 heteroatoms. The van der Waals surface area contributed by atoms with Gasteiger partial charge in [-0.15, -0.1) is 0 Å². The normalized spacial score (nSPS) is 17.6. The Balaban J connectivity index is 1.85. The Kier molecular flexibility index (Phi) is 6.53. The highest BCUT2D eigenvalue weighted by atomic mass is 35.5. The molecule has 2 aliphatic heterocycles. The Labute approximate surface area is 191 Å². The average Bonchev–Trinajstić information content (AvgIpc) is 3.08. The second-order valence-corrected chi connectivity index (χ2v) is 8.77. The molecule has 1 saturated heterocycles. The van der Waals surface area contributed by atoms with Gasteiger partial charge in [-0.2, -0.15) is 5.10 Å².